The lowest BCUT2D eigenvalue weighted by molar-refractivity contribution is -0.114. The van der Waals surface area contributed by atoms with Crippen LogP contribution in [-0.4, -0.2) is 44.0 Å². The predicted octanol–water partition coefficient (Wildman–Crippen LogP) is 3.23. The number of carbonyl (C=O) groups is 2. The first-order valence-electron chi connectivity index (χ1n) is 8.58. The maximum Gasteiger partial charge on any atom is 0.253 e. The number of nitrogens with zero attached hydrogens (tertiary/aromatic N) is 1. The summed E-state index contributed by atoms with van der Waals surface area (Å²) in [5, 5.41) is 5.86. The van der Waals surface area contributed by atoms with Crippen molar-refractivity contribution in [1.82, 2.24) is 4.90 Å². The van der Waals surface area contributed by atoms with Gasteiger partial charge in [-0.25, -0.2) is 0 Å². The Hall–Kier alpha value is -3.02. The Labute approximate surface area is 154 Å². The summed E-state index contributed by atoms with van der Waals surface area (Å²) < 4.78 is 5.58. The normalized spacial score (nSPS) is 10.1. The predicted molar refractivity (Wildman–Crippen MR) is 104 cm³/mol. The summed E-state index contributed by atoms with van der Waals surface area (Å²) in [4.78, 5) is 25.6. The van der Waals surface area contributed by atoms with Crippen LogP contribution in [0.1, 0.15) is 23.7 Å². The zero-order valence-corrected chi connectivity index (χ0v) is 15.4. The topological polar surface area (TPSA) is 70.7 Å². The van der Waals surface area contributed by atoms with Crippen LogP contribution in [0.15, 0.2) is 48.5 Å². The molecule has 0 heterocycles. The van der Waals surface area contributed by atoms with E-state index in [1.165, 1.54) is 4.90 Å². The quantitative estimate of drug-likeness (QED) is 0.763. The zero-order valence-electron chi connectivity index (χ0n) is 15.4. The van der Waals surface area contributed by atoms with Crippen LogP contribution in [0.5, 0.6) is 5.75 Å². The van der Waals surface area contributed by atoms with Crippen molar-refractivity contribution in [2.75, 3.05) is 37.9 Å². The second kappa shape index (κ2) is 9.46. The Bertz CT molecular complexity index is 759. The molecule has 0 aliphatic rings. The summed E-state index contributed by atoms with van der Waals surface area (Å²) in [5.41, 5.74) is 1.93. The van der Waals surface area contributed by atoms with Gasteiger partial charge in [0.15, 0.2) is 0 Å². The van der Waals surface area contributed by atoms with E-state index in [-0.39, 0.29) is 18.4 Å². The highest BCUT2D eigenvalue weighted by molar-refractivity contribution is 5.97. The minimum absolute atomic E-state index is 0.108. The second-order valence-corrected chi connectivity index (χ2v) is 6.06. The number of benzene rings is 2. The molecule has 0 fully saturated rings. The standard InChI is InChI=1S/C20H25N3O3/c1-4-11-26-18-10-6-8-16(13-18)21-14-19(24)22-17-9-5-7-15(12-17)20(25)23(2)3/h5-10,12-13,21H,4,11,14H2,1-3H3,(H,22,24). The first-order valence-corrected chi connectivity index (χ1v) is 8.58. The monoisotopic (exact) mass is 355 g/mol. The molecule has 0 aliphatic carbocycles. The van der Waals surface area contributed by atoms with E-state index in [4.69, 9.17) is 4.74 Å². The Morgan fingerprint density at radius 1 is 1.04 bits per heavy atom. The Kier molecular flexibility index (Phi) is 7.02. The van der Waals surface area contributed by atoms with Crippen molar-refractivity contribution in [3.63, 3.8) is 0 Å². The third-order valence-electron chi connectivity index (χ3n) is 3.56. The minimum atomic E-state index is -0.195. The lowest BCUT2D eigenvalue weighted by Gasteiger charge is -2.12. The van der Waals surface area contributed by atoms with Crippen molar-refractivity contribution < 1.29 is 14.3 Å². The van der Waals surface area contributed by atoms with Crippen molar-refractivity contribution in [2.45, 2.75) is 13.3 Å². The smallest absolute Gasteiger partial charge is 0.253 e. The Morgan fingerprint density at radius 3 is 2.50 bits per heavy atom. The SMILES string of the molecule is CCCOc1cccc(NCC(=O)Nc2cccc(C(=O)N(C)C)c2)c1. The number of hydrogen-bond acceptors (Lipinski definition) is 4. The molecule has 2 rings (SSSR count). The first kappa shape index (κ1) is 19.3. The Morgan fingerprint density at radius 2 is 1.77 bits per heavy atom. The van der Waals surface area contributed by atoms with Crippen molar-refractivity contribution >= 4 is 23.2 Å². The molecular formula is C20H25N3O3. The number of carbonyl (C=O) groups excluding carboxylic acids is 2. The molecule has 0 unspecified atom stereocenters. The molecule has 0 atom stereocenters. The summed E-state index contributed by atoms with van der Waals surface area (Å²) in [6.45, 7) is 2.82. The lowest BCUT2D eigenvalue weighted by atomic mass is 10.2. The van der Waals surface area contributed by atoms with E-state index in [2.05, 4.69) is 10.6 Å². The fraction of sp³-hybridized carbons (Fsp3) is 0.300. The molecule has 0 saturated heterocycles. The molecule has 0 aliphatic heterocycles. The fourth-order valence-electron chi connectivity index (χ4n) is 2.29. The van der Waals surface area contributed by atoms with Gasteiger partial charge in [-0.05, 0) is 36.8 Å². The van der Waals surface area contributed by atoms with E-state index in [1.807, 2.05) is 31.2 Å². The summed E-state index contributed by atoms with van der Waals surface area (Å²) in [5.74, 6) is 0.467. The van der Waals surface area contributed by atoms with E-state index in [9.17, 15) is 9.59 Å². The first-order chi connectivity index (χ1) is 12.5. The third kappa shape index (κ3) is 5.81. The van der Waals surface area contributed by atoms with E-state index >= 15 is 0 Å². The van der Waals surface area contributed by atoms with Gasteiger partial charge in [0.05, 0.1) is 13.2 Å². The molecule has 138 valence electrons. The van der Waals surface area contributed by atoms with Gasteiger partial charge in [-0.2, -0.15) is 0 Å². The zero-order chi connectivity index (χ0) is 18.9. The maximum atomic E-state index is 12.2. The number of rotatable bonds is 8. The van der Waals surface area contributed by atoms with Crippen molar-refractivity contribution in [3.05, 3.63) is 54.1 Å². The second-order valence-electron chi connectivity index (χ2n) is 6.06. The van der Waals surface area contributed by atoms with Gasteiger partial charge in [-0.3, -0.25) is 9.59 Å². The highest BCUT2D eigenvalue weighted by Gasteiger charge is 2.09. The lowest BCUT2D eigenvalue weighted by Crippen LogP contribution is -2.23. The molecule has 2 N–H and O–H groups in total. The van der Waals surface area contributed by atoms with Crippen LogP contribution in [0.25, 0.3) is 0 Å². The van der Waals surface area contributed by atoms with E-state index in [1.54, 1.807) is 38.4 Å². The molecule has 2 aromatic rings. The molecule has 0 spiro atoms. The summed E-state index contributed by atoms with van der Waals surface area (Å²) in [6, 6.07) is 14.4. The van der Waals surface area contributed by atoms with Crippen LogP contribution < -0.4 is 15.4 Å². The molecule has 2 amide bonds. The van der Waals surface area contributed by atoms with E-state index in [0.29, 0.717) is 17.9 Å². The molecule has 26 heavy (non-hydrogen) atoms. The molecule has 2 aromatic carbocycles. The van der Waals surface area contributed by atoms with Gasteiger partial charge in [0.2, 0.25) is 5.91 Å². The van der Waals surface area contributed by atoms with Crippen LogP contribution in [0, 0.1) is 0 Å². The van der Waals surface area contributed by atoms with Gasteiger partial charge in [-0.1, -0.05) is 19.1 Å². The minimum Gasteiger partial charge on any atom is -0.494 e. The summed E-state index contributed by atoms with van der Waals surface area (Å²) in [6.07, 6.45) is 0.940. The highest BCUT2D eigenvalue weighted by atomic mass is 16.5. The van der Waals surface area contributed by atoms with Crippen molar-refractivity contribution in [1.29, 1.82) is 0 Å². The largest absolute Gasteiger partial charge is 0.494 e. The average Bonchev–Trinajstić information content (AvgIpc) is 2.64. The molecule has 6 heteroatoms. The molecule has 6 nitrogen and oxygen atoms in total. The Balaban J connectivity index is 1.91. The number of anilines is 2. The van der Waals surface area contributed by atoms with Gasteiger partial charge >= 0.3 is 0 Å². The van der Waals surface area contributed by atoms with Gasteiger partial charge < -0.3 is 20.3 Å². The summed E-state index contributed by atoms with van der Waals surface area (Å²) >= 11 is 0. The molecule has 0 bridgehead atoms. The third-order valence-corrected chi connectivity index (χ3v) is 3.56. The van der Waals surface area contributed by atoms with Crippen LogP contribution in [0.2, 0.25) is 0 Å². The van der Waals surface area contributed by atoms with Gasteiger partial charge in [0, 0.05) is 37.1 Å². The van der Waals surface area contributed by atoms with Gasteiger partial charge in [0.25, 0.3) is 5.91 Å². The molecular weight excluding hydrogens is 330 g/mol. The molecule has 0 saturated carbocycles. The highest BCUT2D eigenvalue weighted by Crippen LogP contribution is 2.17. The summed E-state index contributed by atoms with van der Waals surface area (Å²) in [7, 11) is 3.38. The van der Waals surface area contributed by atoms with E-state index < -0.39 is 0 Å². The fourth-order valence-corrected chi connectivity index (χ4v) is 2.29. The van der Waals surface area contributed by atoms with Crippen LogP contribution in [0.3, 0.4) is 0 Å². The van der Waals surface area contributed by atoms with Crippen LogP contribution in [-0.2, 0) is 4.79 Å². The average molecular weight is 355 g/mol. The van der Waals surface area contributed by atoms with Gasteiger partial charge in [0.1, 0.15) is 5.75 Å². The number of hydrogen-bond donors (Lipinski definition) is 2. The molecule has 0 radical (unpaired) electrons. The number of nitrogens with one attached hydrogen (secondary N) is 2. The van der Waals surface area contributed by atoms with Crippen LogP contribution in [0.4, 0.5) is 11.4 Å². The molecule has 0 aromatic heterocycles. The van der Waals surface area contributed by atoms with Crippen molar-refractivity contribution in [3.8, 4) is 5.75 Å². The number of ether oxygens (including phenoxy) is 1. The van der Waals surface area contributed by atoms with Crippen LogP contribution >= 0.6 is 0 Å². The maximum absolute atomic E-state index is 12.2. The van der Waals surface area contributed by atoms with Crippen molar-refractivity contribution in [2.24, 2.45) is 0 Å². The van der Waals surface area contributed by atoms with E-state index in [0.717, 1.165) is 17.9 Å². The number of amides is 2. The van der Waals surface area contributed by atoms with Gasteiger partial charge in [-0.15, -0.1) is 0 Å².